The third-order valence-corrected chi connectivity index (χ3v) is 3.60. The number of ether oxygens (including phenoxy) is 1. The van der Waals surface area contributed by atoms with Gasteiger partial charge in [0, 0.05) is 32.0 Å². The van der Waals surface area contributed by atoms with E-state index in [0.29, 0.717) is 25.6 Å². The number of hydrogen-bond donors (Lipinski definition) is 2. The van der Waals surface area contributed by atoms with Crippen molar-refractivity contribution in [3.05, 3.63) is 18.3 Å². The van der Waals surface area contributed by atoms with Crippen molar-refractivity contribution in [1.82, 2.24) is 9.71 Å². The highest BCUT2D eigenvalue weighted by molar-refractivity contribution is 7.89. The highest BCUT2D eigenvalue weighted by Crippen LogP contribution is 2.12. The van der Waals surface area contributed by atoms with Gasteiger partial charge in [0.15, 0.2) is 0 Å². The molecule has 0 fully saturated rings. The van der Waals surface area contributed by atoms with Crippen molar-refractivity contribution in [3.8, 4) is 0 Å². The Morgan fingerprint density at radius 1 is 1.39 bits per heavy atom. The fourth-order valence-electron chi connectivity index (χ4n) is 1.33. The molecule has 0 atom stereocenters. The fourth-order valence-corrected chi connectivity index (χ4v) is 2.36. The minimum absolute atomic E-state index is 0.199. The van der Waals surface area contributed by atoms with Crippen molar-refractivity contribution in [2.75, 3.05) is 31.6 Å². The third kappa shape index (κ3) is 4.59. The van der Waals surface area contributed by atoms with E-state index in [1.807, 2.05) is 13.8 Å². The van der Waals surface area contributed by atoms with E-state index in [1.165, 1.54) is 18.3 Å². The number of sulfonamides is 1. The second-order valence-corrected chi connectivity index (χ2v) is 5.27. The van der Waals surface area contributed by atoms with E-state index >= 15 is 0 Å². The Morgan fingerprint density at radius 2 is 2.17 bits per heavy atom. The maximum Gasteiger partial charge on any atom is 0.240 e. The summed E-state index contributed by atoms with van der Waals surface area (Å²) in [5.41, 5.74) is 0. The molecule has 6 nitrogen and oxygen atoms in total. The summed E-state index contributed by atoms with van der Waals surface area (Å²) in [5, 5.41) is 2.97. The van der Waals surface area contributed by atoms with E-state index in [9.17, 15) is 8.42 Å². The van der Waals surface area contributed by atoms with Crippen LogP contribution < -0.4 is 10.0 Å². The molecule has 1 rings (SSSR count). The molecular weight excluding hydrogens is 254 g/mol. The van der Waals surface area contributed by atoms with Gasteiger partial charge in [-0.1, -0.05) is 0 Å². The highest BCUT2D eigenvalue weighted by atomic mass is 32.2. The first-order valence-electron chi connectivity index (χ1n) is 5.87. The van der Waals surface area contributed by atoms with Crippen LogP contribution in [-0.4, -0.2) is 39.7 Å². The predicted octanol–water partition coefficient (Wildman–Crippen LogP) is 0.828. The van der Waals surface area contributed by atoms with Crippen LogP contribution in [0.4, 0.5) is 5.82 Å². The quantitative estimate of drug-likeness (QED) is 0.686. The van der Waals surface area contributed by atoms with Gasteiger partial charge in [0.05, 0.1) is 11.5 Å². The Hall–Kier alpha value is -1.18. The molecule has 0 aliphatic rings. The molecule has 0 bridgehead atoms. The Labute approximate surface area is 108 Å². The van der Waals surface area contributed by atoms with Gasteiger partial charge in [-0.25, -0.2) is 18.1 Å². The van der Waals surface area contributed by atoms with Crippen LogP contribution in [0.15, 0.2) is 23.2 Å². The summed E-state index contributed by atoms with van der Waals surface area (Å²) in [7, 11) is -3.49. The van der Waals surface area contributed by atoms with Crippen LogP contribution in [0.25, 0.3) is 0 Å². The van der Waals surface area contributed by atoms with E-state index in [4.69, 9.17) is 4.74 Å². The summed E-state index contributed by atoms with van der Waals surface area (Å²) in [5.74, 6) is 0.546. The Morgan fingerprint density at radius 3 is 2.83 bits per heavy atom. The molecule has 0 aliphatic heterocycles. The molecule has 0 radical (unpaired) electrons. The lowest BCUT2D eigenvalue weighted by Crippen LogP contribution is -2.27. The van der Waals surface area contributed by atoms with E-state index in [2.05, 4.69) is 15.0 Å². The third-order valence-electron chi connectivity index (χ3n) is 2.14. The first-order valence-corrected chi connectivity index (χ1v) is 7.35. The maximum atomic E-state index is 11.9. The number of hydrogen-bond acceptors (Lipinski definition) is 5. The van der Waals surface area contributed by atoms with Gasteiger partial charge < -0.3 is 10.1 Å². The first-order chi connectivity index (χ1) is 8.60. The van der Waals surface area contributed by atoms with Gasteiger partial charge in [-0.15, -0.1) is 0 Å². The summed E-state index contributed by atoms with van der Waals surface area (Å²) in [6.07, 6.45) is 1.47. The van der Waals surface area contributed by atoms with E-state index in [1.54, 1.807) is 0 Å². The summed E-state index contributed by atoms with van der Waals surface area (Å²) in [4.78, 5) is 4.22. The van der Waals surface area contributed by atoms with Gasteiger partial charge in [-0.05, 0) is 19.9 Å². The zero-order valence-corrected chi connectivity index (χ0v) is 11.5. The Balaban J connectivity index is 2.69. The van der Waals surface area contributed by atoms with Crippen molar-refractivity contribution in [3.63, 3.8) is 0 Å². The summed E-state index contributed by atoms with van der Waals surface area (Å²) >= 11 is 0. The molecule has 0 amide bonds. The van der Waals surface area contributed by atoms with E-state index < -0.39 is 10.0 Å². The first kappa shape index (κ1) is 14.9. The van der Waals surface area contributed by atoms with Crippen molar-refractivity contribution in [1.29, 1.82) is 0 Å². The molecule has 0 saturated heterocycles. The average Bonchev–Trinajstić information content (AvgIpc) is 2.36. The average molecular weight is 273 g/mol. The molecular formula is C11H19N3O3S. The van der Waals surface area contributed by atoms with Gasteiger partial charge in [-0.2, -0.15) is 0 Å². The molecule has 1 aromatic rings. The van der Waals surface area contributed by atoms with Crippen molar-refractivity contribution >= 4 is 15.8 Å². The zero-order chi connectivity index (χ0) is 13.4. The Kier molecular flexibility index (Phi) is 6.03. The summed E-state index contributed by atoms with van der Waals surface area (Å²) in [6.45, 7) is 5.66. The van der Waals surface area contributed by atoms with Crippen LogP contribution in [0.3, 0.4) is 0 Å². The standard InChI is InChI=1S/C11H19N3O3S/c1-3-12-11-9-10(5-6-13-11)18(15,16)14-7-8-17-4-2/h5-6,9,14H,3-4,7-8H2,1-2H3,(H,12,13). The molecule has 0 spiro atoms. The topological polar surface area (TPSA) is 80.3 Å². The lowest BCUT2D eigenvalue weighted by molar-refractivity contribution is 0.153. The molecule has 2 N–H and O–H groups in total. The number of rotatable bonds is 8. The van der Waals surface area contributed by atoms with Gasteiger partial charge in [-0.3, -0.25) is 0 Å². The van der Waals surface area contributed by atoms with Crippen LogP contribution in [0.5, 0.6) is 0 Å². The van der Waals surface area contributed by atoms with Crippen molar-refractivity contribution < 1.29 is 13.2 Å². The summed E-state index contributed by atoms with van der Waals surface area (Å²) < 4.78 is 31.4. The molecule has 7 heteroatoms. The molecule has 0 unspecified atom stereocenters. The largest absolute Gasteiger partial charge is 0.380 e. The van der Waals surface area contributed by atoms with Crippen LogP contribution >= 0.6 is 0 Å². The lowest BCUT2D eigenvalue weighted by Gasteiger charge is -2.08. The maximum absolute atomic E-state index is 11.9. The smallest absolute Gasteiger partial charge is 0.240 e. The SMILES string of the molecule is CCNc1cc(S(=O)(=O)NCCOCC)ccn1. The normalized spacial score (nSPS) is 11.4. The number of nitrogens with zero attached hydrogens (tertiary/aromatic N) is 1. The van der Waals surface area contributed by atoms with Gasteiger partial charge in [0.1, 0.15) is 5.82 Å². The molecule has 0 aromatic carbocycles. The van der Waals surface area contributed by atoms with Gasteiger partial charge in [0.25, 0.3) is 0 Å². The van der Waals surface area contributed by atoms with Crippen molar-refractivity contribution in [2.45, 2.75) is 18.7 Å². The zero-order valence-electron chi connectivity index (χ0n) is 10.6. The highest BCUT2D eigenvalue weighted by Gasteiger charge is 2.13. The Bertz CT molecular complexity index is 462. The van der Waals surface area contributed by atoms with E-state index in [-0.39, 0.29) is 11.4 Å². The summed E-state index contributed by atoms with van der Waals surface area (Å²) in [6, 6.07) is 2.97. The number of nitrogens with one attached hydrogen (secondary N) is 2. The van der Waals surface area contributed by atoms with Gasteiger partial charge >= 0.3 is 0 Å². The number of anilines is 1. The molecule has 1 aromatic heterocycles. The minimum atomic E-state index is -3.49. The van der Waals surface area contributed by atoms with Gasteiger partial charge in [0.2, 0.25) is 10.0 Å². The number of aromatic nitrogens is 1. The second-order valence-electron chi connectivity index (χ2n) is 3.50. The molecule has 1 heterocycles. The van der Waals surface area contributed by atoms with Crippen LogP contribution in [-0.2, 0) is 14.8 Å². The fraction of sp³-hybridized carbons (Fsp3) is 0.545. The molecule has 0 aliphatic carbocycles. The molecule has 102 valence electrons. The molecule has 0 saturated carbocycles. The van der Waals surface area contributed by atoms with E-state index in [0.717, 1.165) is 0 Å². The van der Waals surface area contributed by atoms with Crippen LogP contribution in [0.2, 0.25) is 0 Å². The minimum Gasteiger partial charge on any atom is -0.380 e. The predicted molar refractivity (Wildman–Crippen MR) is 70.1 cm³/mol. The lowest BCUT2D eigenvalue weighted by atomic mass is 10.4. The number of pyridine rings is 1. The monoisotopic (exact) mass is 273 g/mol. The molecule has 18 heavy (non-hydrogen) atoms. The van der Waals surface area contributed by atoms with Crippen LogP contribution in [0.1, 0.15) is 13.8 Å². The van der Waals surface area contributed by atoms with Crippen molar-refractivity contribution in [2.24, 2.45) is 0 Å². The van der Waals surface area contributed by atoms with Crippen LogP contribution in [0, 0.1) is 0 Å². The second kappa shape index (κ2) is 7.30.